The summed E-state index contributed by atoms with van der Waals surface area (Å²) in [7, 11) is 0. The highest BCUT2D eigenvalue weighted by atomic mass is 16.5. The van der Waals surface area contributed by atoms with E-state index in [-0.39, 0.29) is 56.8 Å². The van der Waals surface area contributed by atoms with E-state index in [1.165, 1.54) is 31.7 Å². The molecule has 0 saturated carbocycles. The van der Waals surface area contributed by atoms with Gasteiger partial charge >= 0.3 is 5.97 Å². The number of nitrogens with two attached hydrogens (primary N) is 1. The second kappa shape index (κ2) is 43.0. The lowest BCUT2D eigenvalue weighted by Crippen LogP contribution is -2.64. The predicted octanol–water partition coefficient (Wildman–Crippen LogP) is 1.97. The molecule has 0 spiro atoms. The number of hydrogen-bond acceptors (Lipinski definition) is 17. The van der Waals surface area contributed by atoms with Crippen molar-refractivity contribution in [1.82, 2.24) is 68.7 Å². The highest BCUT2D eigenvalue weighted by molar-refractivity contribution is 6.03. The van der Waals surface area contributed by atoms with Gasteiger partial charge in [-0.1, -0.05) is 166 Å². The normalized spacial score (nSPS) is 22.7. The molecule has 0 radical (unpaired) electrons. The zero-order valence-corrected chi connectivity index (χ0v) is 64.5. The Hall–Kier alpha value is -8.54. The summed E-state index contributed by atoms with van der Waals surface area (Å²) in [6.45, 7) is 31.7. The van der Waals surface area contributed by atoms with Crippen LogP contribution in [-0.2, 0) is 71.9 Å². The van der Waals surface area contributed by atoms with Gasteiger partial charge in [0.05, 0.1) is 6.10 Å². The van der Waals surface area contributed by atoms with Crippen LogP contribution in [0.15, 0.2) is 42.1 Å². The number of carbonyl (C=O) groups is 14. The summed E-state index contributed by atoms with van der Waals surface area (Å²) in [5.74, 6) is -15.2. The van der Waals surface area contributed by atoms with Crippen LogP contribution in [0.2, 0.25) is 0 Å². The first-order valence-electron chi connectivity index (χ1n) is 37.0. The van der Waals surface area contributed by atoms with Gasteiger partial charge in [0, 0.05) is 13.0 Å². The molecule has 1 aromatic rings. The van der Waals surface area contributed by atoms with Gasteiger partial charge in [0.15, 0.2) is 0 Å². The van der Waals surface area contributed by atoms with Crippen molar-refractivity contribution in [3.8, 4) is 0 Å². The minimum Gasteiger partial charge on any atom is -0.458 e. The van der Waals surface area contributed by atoms with Gasteiger partial charge < -0.3 is 84.3 Å². The Morgan fingerprint density at radius 1 is 0.606 bits per heavy atom. The van der Waals surface area contributed by atoms with E-state index in [1.807, 2.05) is 13.8 Å². The van der Waals surface area contributed by atoms with Crippen LogP contribution in [0, 0.1) is 47.3 Å². The van der Waals surface area contributed by atoms with Crippen LogP contribution in [0.4, 0.5) is 0 Å². The maximum absolute atomic E-state index is 15.0. The number of likely N-dealkylation sites (tertiary alicyclic amines) is 1. The third kappa shape index (κ3) is 26.6. The Morgan fingerprint density at radius 2 is 1.14 bits per heavy atom. The molecular formula is C74H122N14O16. The molecular weight excluding hydrogens is 1340 g/mol. The zero-order chi connectivity index (χ0) is 78.7. The number of nitrogens with zero attached hydrogens (tertiary/aromatic N) is 1. The number of aliphatic hydroxyl groups is 1. The van der Waals surface area contributed by atoms with Crippen molar-refractivity contribution in [3.63, 3.8) is 0 Å². The molecule has 2 aliphatic heterocycles. The fourth-order valence-electron chi connectivity index (χ4n) is 12.0. The van der Waals surface area contributed by atoms with Gasteiger partial charge in [0.2, 0.25) is 65.0 Å². The molecule has 2 saturated heterocycles. The summed E-state index contributed by atoms with van der Waals surface area (Å²) in [6.07, 6.45) is 1.04. The van der Waals surface area contributed by atoms with Gasteiger partial charge in [-0.25, -0.2) is 4.79 Å². The lowest BCUT2D eigenvalue weighted by atomic mass is 9.95. The molecule has 30 nitrogen and oxygen atoms in total. The van der Waals surface area contributed by atoms with Gasteiger partial charge in [-0.3, -0.25) is 62.3 Å². The third-order valence-corrected chi connectivity index (χ3v) is 19.0. The Balaban J connectivity index is 2.00. The van der Waals surface area contributed by atoms with Gasteiger partial charge in [0.1, 0.15) is 84.3 Å². The van der Waals surface area contributed by atoms with E-state index in [1.54, 1.807) is 127 Å². The Labute approximate surface area is 613 Å². The lowest BCUT2D eigenvalue weighted by molar-refractivity contribution is -0.157. The summed E-state index contributed by atoms with van der Waals surface area (Å²) in [6, 6.07) is -8.40. The average Bonchev–Trinajstić information content (AvgIpc) is 1.51. The summed E-state index contributed by atoms with van der Waals surface area (Å²) in [5.41, 5.74) is 6.00. The Bertz CT molecular complexity index is 3140. The lowest BCUT2D eigenvalue weighted by Gasteiger charge is -2.33. The van der Waals surface area contributed by atoms with E-state index >= 15 is 9.59 Å². The number of cyclic esters (lactones) is 1. The highest BCUT2D eigenvalue weighted by Gasteiger charge is 2.45. The molecule has 2 aliphatic rings. The molecule has 30 heteroatoms. The highest BCUT2D eigenvalue weighted by Crippen LogP contribution is 2.24. The summed E-state index contributed by atoms with van der Waals surface area (Å²) < 4.78 is 5.95. The molecule has 3 rings (SSSR count). The minimum atomic E-state index is -1.83. The van der Waals surface area contributed by atoms with E-state index in [4.69, 9.17) is 10.5 Å². The molecule has 0 aliphatic carbocycles. The summed E-state index contributed by atoms with van der Waals surface area (Å²) in [5, 5.41) is 43.1. The maximum atomic E-state index is 15.0. The zero-order valence-electron chi connectivity index (χ0n) is 64.5. The number of benzene rings is 1. The molecule has 15 N–H and O–H groups in total. The molecule has 0 bridgehead atoms. The van der Waals surface area contributed by atoms with Gasteiger partial charge in [-0.05, 0) is 112 Å². The van der Waals surface area contributed by atoms with Crippen molar-refractivity contribution < 1.29 is 77.0 Å². The first-order valence-corrected chi connectivity index (χ1v) is 37.0. The van der Waals surface area contributed by atoms with Crippen LogP contribution in [0.3, 0.4) is 0 Å². The largest absolute Gasteiger partial charge is 0.458 e. The number of ether oxygens (including phenoxy) is 1. The standard InChI is InChI=1S/C74H122N14O16/c1-20-43(16)57(69(98)86-60-46(19)104-74(103)56(42(14)15)82-62(91)48(22-3)76-72(101)61(47-30-24-23-25-31-47)87-67(96)54(40(10)11)79-68(97)58(44(17)21-2)84-71(60)100)83-63(92)49(32-27-35-75)77-64(93)50-33-28-36-88(50)73(102)55(41(12)13)81-66(95)53(39(8)9)80-70(99)59(45(18)89)85-65(94)52(38(6)7)78-51(90)34-26-29-37(4)5/h22-25,30-31,37-46,49-50,52-61,89H,20-21,26-29,32-36,75H2,1-19H3,(H,76,101)(H,77,93)(H,78,90)(H,79,97)(H,80,99)(H,81,95)(H,82,91)(H,83,92)(H,84,100)(H,85,94)(H,86,98)(H,87,96)/b48-22-/t43-,44-,45-,46+,49+,50-,52-,53+,54-,55-,56+,57-,58-,59+,60-,61+/m1/s1. The Kier molecular flexibility index (Phi) is 37.1. The number of esters is 1. The third-order valence-electron chi connectivity index (χ3n) is 19.0. The van der Waals surface area contributed by atoms with Crippen molar-refractivity contribution in [2.75, 3.05) is 13.1 Å². The van der Waals surface area contributed by atoms with Gasteiger partial charge in [0.25, 0.3) is 11.8 Å². The minimum absolute atomic E-state index is 0.0525. The van der Waals surface area contributed by atoms with Crippen LogP contribution in [0.1, 0.15) is 201 Å². The molecule has 0 unspecified atom stereocenters. The number of carbonyl (C=O) groups excluding carboxylic acids is 14. The number of aliphatic hydroxyl groups excluding tert-OH is 1. The Morgan fingerprint density at radius 3 is 1.67 bits per heavy atom. The summed E-state index contributed by atoms with van der Waals surface area (Å²) >= 11 is 0. The molecule has 2 fully saturated rings. The topological polar surface area (TPSA) is 442 Å². The molecule has 1 aromatic carbocycles. The van der Waals surface area contributed by atoms with E-state index in [0.717, 1.165) is 6.42 Å². The number of hydrogen-bond donors (Lipinski definition) is 14. The smallest absolute Gasteiger partial charge is 0.329 e. The molecule has 13 amide bonds. The quantitative estimate of drug-likeness (QED) is 0.0362. The van der Waals surface area contributed by atoms with Crippen LogP contribution in [0.5, 0.6) is 0 Å². The van der Waals surface area contributed by atoms with Gasteiger partial charge in [-0.2, -0.15) is 0 Å². The van der Waals surface area contributed by atoms with Crippen LogP contribution in [0.25, 0.3) is 0 Å². The second-order valence-electron chi connectivity index (χ2n) is 29.8. The molecule has 104 heavy (non-hydrogen) atoms. The first kappa shape index (κ1) is 89.7. The second-order valence-corrected chi connectivity index (χ2v) is 29.8. The maximum Gasteiger partial charge on any atom is 0.329 e. The average molecular weight is 1460 g/mol. The number of nitrogens with one attached hydrogen (secondary N) is 12. The van der Waals surface area contributed by atoms with Crippen molar-refractivity contribution in [2.45, 2.75) is 274 Å². The number of amides is 13. The SMILES string of the molecule is C/C=C1\NC(=O)[C@H](c2ccccc2)NC(=O)[C@@H](C(C)C)NC(=O)[C@@H]([C@H](C)CC)NC(=O)[C@H](NC(=O)[C@H](NC(=O)[C@H](CCCN)NC(=O)[C@H]2CCCN2C(=O)[C@H](NC(=O)[C@@H](NC(=O)[C@@H](NC(=O)[C@H](NC(=O)CCCC(C)C)C(C)C)[C@@H](C)O)C(C)C)C(C)C)[C@H](C)CC)[C@H](C)OC(=O)[C@H](C(C)C)NC1=O. The van der Waals surface area contributed by atoms with Gasteiger partial charge in [-0.15, -0.1) is 0 Å². The number of rotatable bonds is 32. The molecule has 0 aromatic heterocycles. The van der Waals surface area contributed by atoms with Crippen LogP contribution in [-0.4, -0.2) is 185 Å². The molecule has 16 atom stereocenters. The van der Waals surface area contributed by atoms with Crippen molar-refractivity contribution in [1.29, 1.82) is 0 Å². The summed E-state index contributed by atoms with van der Waals surface area (Å²) in [4.78, 5) is 202. The van der Waals surface area contributed by atoms with E-state index in [0.29, 0.717) is 30.7 Å². The van der Waals surface area contributed by atoms with Crippen molar-refractivity contribution in [2.24, 2.45) is 53.1 Å². The van der Waals surface area contributed by atoms with Crippen LogP contribution >= 0.6 is 0 Å². The monoisotopic (exact) mass is 1460 g/mol. The first-order chi connectivity index (χ1) is 48.8. The molecule has 584 valence electrons. The van der Waals surface area contributed by atoms with E-state index < -0.39 is 203 Å². The van der Waals surface area contributed by atoms with E-state index in [2.05, 4.69) is 63.8 Å². The van der Waals surface area contributed by atoms with Crippen molar-refractivity contribution in [3.05, 3.63) is 47.7 Å². The van der Waals surface area contributed by atoms with Crippen molar-refractivity contribution >= 4 is 82.8 Å². The predicted molar refractivity (Wildman–Crippen MR) is 391 cm³/mol. The number of allylic oxidation sites excluding steroid dienone is 1. The fourth-order valence-corrected chi connectivity index (χ4v) is 12.0. The molecule has 2 heterocycles. The fraction of sp³-hybridized carbons (Fsp3) is 0.703. The van der Waals surface area contributed by atoms with Crippen LogP contribution < -0.4 is 69.5 Å². The van der Waals surface area contributed by atoms with E-state index in [9.17, 15) is 62.6 Å².